The molecule has 1 aliphatic heterocycles. The third-order valence-electron chi connectivity index (χ3n) is 3.59. The van der Waals surface area contributed by atoms with Gasteiger partial charge in [0.2, 0.25) is 0 Å². The molecule has 4 heteroatoms. The second-order valence-corrected chi connectivity index (χ2v) is 5.52. The molecule has 0 aromatic heterocycles. The van der Waals surface area contributed by atoms with Gasteiger partial charge in [0.15, 0.2) is 0 Å². The lowest BCUT2D eigenvalue weighted by Gasteiger charge is -2.25. The number of hydrogen-bond acceptors (Lipinski definition) is 2. The molecule has 18 heavy (non-hydrogen) atoms. The Labute approximate surface area is 119 Å². The summed E-state index contributed by atoms with van der Waals surface area (Å²) in [6.45, 7) is 4.62. The van der Waals surface area contributed by atoms with Gasteiger partial charge in [0.25, 0.3) is 0 Å². The fourth-order valence-electron chi connectivity index (χ4n) is 2.46. The fraction of sp³-hybridized carbons (Fsp3) is 0.571. The molecule has 2 nitrogen and oxygen atoms in total. The van der Waals surface area contributed by atoms with Crippen LogP contribution in [-0.4, -0.2) is 38.1 Å². The first-order valence-corrected chi connectivity index (χ1v) is 7.40. The van der Waals surface area contributed by atoms with E-state index >= 15 is 0 Å². The maximum absolute atomic E-state index is 6.18. The van der Waals surface area contributed by atoms with Crippen LogP contribution in [0.3, 0.4) is 0 Å². The highest BCUT2D eigenvalue weighted by Crippen LogP contribution is 2.28. The highest BCUT2D eigenvalue weighted by Gasteiger charge is 2.14. The third-order valence-corrected chi connectivity index (χ3v) is 4.21. The van der Waals surface area contributed by atoms with Crippen LogP contribution in [0.4, 0.5) is 5.69 Å². The number of alkyl halides is 1. The van der Waals surface area contributed by atoms with E-state index in [1.165, 1.54) is 25.9 Å². The van der Waals surface area contributed by atoms with Crippen molar-refractivity contribution in [3.63, 3.8) is 0 Å². The molecule has 2 rings (SSSR count). The Bertz CT molecular complexity index is 389. The molecule has 0 amide bonds. The lowest BCUT2D eigenvalue weighted by molar-refractivity contribution is 0.346. The average Bonchev–Trinajstić information content (AvgIpc) is 2.88. The van der Waals surface area contributed by atoms with Crippen LogP contribution < -0.4 is 4.90 Å². The van der Waals surface area contributed by atoms with Crippen molar-refractivity contribution in [2.75, 3.05) is 38.1 Å². The van der Waals surface area contributed by atoms with Gasteiger partial charge >= 0.3 is 0 Å². The van der Waals surface area contributed by atoms with Crippen LogP contribution >= 0.6 is 23.2 Å². The highest BCUT2D eigenvalue weighted by molar-refractivity contribution is 6.32. The van der Waals surface area contributed by atoms with Crippen LogP contribution in [0, 0.1) is 0 Å². The zero-order valence-electron chi connectivity index (χ0n) is 10.8. The zero-order valence-corrected chi connectivity index (χ0v) is 12.3. The third kappa shape index (κ3) is 3.31. The molecule has 1 saturated heterocycles. The van der Waals surface area contributed by atoms with Crippen molar-refractivity contribution < 1.29 is 0 Å². The van der Waals surface area contributed by atoms with Crippen LogP contribution in [0.5, 0.6) is 0 Å². The smallest absolute Gasteiger partial charge is 0.0509 e. The summed E-state index contributed by atoms with van der Waals surface area (Å²) in [7, 11) is 2.11. The van der Waals surface area contributed by atoms with E-state index in [4.69, 9.17) is 23.2 Å². The molecule has 0 unspecified atom stereocenters. The van der Waals surface area contributed by atoms with Gasteiger partial charge in [-0.2, -0.15) is 0 Å². The topological polar surface area (TPSA) is 6.48 Å². The maximum atomic E-state index is 6.18. The van der Waals surface area contributed by atoms with Gasteiger partial charge in [0.05, 0.1) is 5.88 Å². The Kier molecular flexibility index (Phi) is 5.16. The minimum absolute atomic E-state index is 0.461. The van der Waals surface area contributed by atoms with E-state index in [0.717, 1.165) is 29.4 Å². The van der Waals surface area contributed by atoms with E-state index in [0.29, 0.717) is 5.88 Å². The quantitative estimate of drug-likeness (QED) is 0.763. The van der Waals surface area contributed by atoms with Crippen molar-refractivity contribution in [3.8, 4) is 0 Å². The Morgan fingerprint density at radius 3 is 2.67 bits per heavy atom. The molecule has 100 valence electrons. The monoisotopic (exact) mass is 286 g/mol. The summed E-state index contributed by atoms with van der Waals surface area (Å²) < 4.78 is 0. The molecule has 0 N–H and O–H groups in total. The Morgan fingerprint density at radius 2 is 2.00 bits per heavy atom. The van der Waals surface area contributed by atoms with Gasteiger partial charge in [-0.3, -0.25) is 0 Å². The lowest BCUT2D eigenvalue weighted by atomic mass is 10.2. The van der Waals surface area contributed by atoms with Crippen molar-refractivity contribution in [1.29, 1.82) is 0 Å². The van der Waals surface area contributed by atoms with Gasteiger partial charge in [-0.05, 0) is 38.1 Å². The number of likely N-dealkylation sites (tertiary alicyclic amines) is 1. The van der Waals surface area contributed by atoms with Crippen LogP contribution in [-0.2, 0) is 5.88 Å². The van der Waals surface area contributed by atoms with Crippen LogP contribution in [0.1, 0.15) is 18.4 Å². The van der Waals surface area contributed by atoms with Gasteiger partial charge in [-0.15, -0.1) is 11.6 Å². The van der Waals surface area contributed by atoms with E-state index in [-0.39, 0.29) is 0 Å². The molecule has 1 heterocycles. The van der Waals surface area contributed by atoms with E-state index < -0.39 is 0 Å². The summed E-state index contributed by atoms with van der Waals surface area (Å²) in [6, 6.07) is 5.98. The normalized spacial score (nSPS) is 16.2. The number of hydrogen-bond donors (Lipinski definition) is 0. The Hall–Kier alpha value is -0.440. The highest BCUT2D eigenvalue weighted by atomic mass is 35.5. The summed E-state index contributed by atoms with van der Waals surface area (Å²) >= 11 is 12.2. The van der Waals surface area contributed by atoms with Crippen molar-refractivity contribution in [2.24, 2.45) is 0 Å². The van der Waals surface area contributed by atoms with Gasteiger partial charge in [-0.25, -0.2) is 0 Å². The molecule has 1 aliphatic rings. The van der Waals surface area contributed by atoms with Crippen LogP contribution in [0.15, 0.2) is 18.2 Å². The molecule has 1 fully saturated rings. The molecular formula is C14H20Cl2N2. The average molecular weight is 287 g/mol. The van der Waals surface area contributed by atoms with E-state index in [1.807, 2.05) is 12.1 Å². The first kappa shape index (κ1) is 14.0. The Balaban J connectivity index is 1.99. The zero-order chi connectivity index (χ0) is 13.0. The fourth-order valence-corrected chi connectivity index (χ4v) is 3.04. The Morgan fingerprint density at radius 1 is 1.28 bits per heavy atom. The van der Waals surface area contributed by atoms with E-state index in [2.05, 4.69) is 22.9 Å². The predicted octanol–water partition coefficient (Wildman–Crippen LogP) is 3.61. The second-order valence-electron chi connectivity index (χ2n) is 4.84. The summed E-state index contributed by atoms with van der Waals surface area (Å²) in [5.41, 5.74) is 2.18. The van der Waals surface area contributed by atoms with Crippen LogP contribution in [0.2, 0.25) is 5.02 Å². The minimum Gasteiger partial charge on any atom is -0.373 e. The number of halogens is 2. The molecule has 0 saturated carbocycles. The van der Waals surface area contributed by atoms with Gasteiger partial charge in [0.1, 0.15) is 0 Å². The molecule has 0 aliphatic carbocycles. The van der Waals surface area contributed by atoms with Crippen molar-refractivity contribution >= 4 is 28.9 Å². The second kappa shape index (κ2) is 6.65. The molecule has 0 atom stereocenters. The number of benzene rings is 1. The van der Waals surface area contributed by atoms with Gasteiger partial charge in [0, 0.05) is 36.4 Å². The predicted molar refractivity (Wildman–Crippen MR) is 80.0 cm³/mol. The largest absolute Gasteiger partial charge is 0.373 e. The number of anilines is 1. The number of nitrogens with zero attached hydrogens (tertiary/aromatic N) is 2. The maximum Gasteiger partial charge on any atom is 0.0509 e. The minimum atomic E-state index is 0.461. The van der Waals surface area contributed by atoms with Crippen molar-refractivity contribution in [3.05, 3.63) is 28.8 Å². The van der Waals surface area contributed by atoms with Crippen molar-refractivity contribution in [1.82, 2.24) is 4.90 Å². The van der Waals surface area contributed by atoms with Gasteiger partial charge < -0.3 is 9.80 Å². The van der Waals surface area contributed by atoms with E-state index in [1.54, 1.807) is 0 Å². The van der Waals surface area contributed by atoms with Crippen LogP contribution in [0.25, 0.3) is 0 Å². The first-order valence-electron chi connectivity index (χ1n) is 6.49. The SMILES string of the molecule is CN(CCN1CCCC1)c1cccc(Cl)c1CCl. The summed E-state index contributed by atoms with van der Waals surface area (Å²) in [5.74, 6) is 0.461. The standard InChI is InChI=1S/C14H20Cl2N2/c1-17(9-10-18-7-2-3-8-18)14-6-4-5-13(16)12(14)11-15/h4-6H,2-3,7-11H2,1H3. The molecule has 0 radical (unpaired) electrons. The molecular weight excluding hydrogens is 267 g/mol. The van der Waals surface area contributed by atoms with Gasteiger partial charge in [-0.1, -0.05) is 17.7 Å². The summed E-state index contributed by atoms with van der Waals surface area (Å²) in [5, 5.41) is 0.760. The molecule has 0 spiro atoms. The molecule has 1 aromatic carbocycles. The lowest BCUT2D eigenvalue weighted by Crippen LogP contribution is -2.31. The number of likely N-dealkylation sites (N-methyl/N-ethyl adjacent to an activating group) is 1. The molecule has 1 aromatic rings. The summed E-state index contributed by atoms with van der Waals surface area (Å²) in [6.07, 6.45) is 2.68. The van der Waals surface area contributed by atoms with E-state index in [9.17, 15) is 0 Å². The summed E-state index contributed by atoms with van der Waals surface area (Å²) in [4.78, 5) is 4.77. The van der Waals surface area contributed by atoms with Crippen molar-refractivity contribution in [2.45, 2.75) is 18.7 Å². The molecule has 0 bridgehead atoms. The first-order chi connectivity index (χ1) is 8.72. The number of rotatable bonds is 5.